The van der Waals surface area contributed by atoms with Crippen LogP contribution in [0.3, 0.4) is 0 Å². The molecule has 0 aliphatic rings. The minimum absolute atomic E-state index is 0.165. The number of amides is 1. The van der Waals surface area contributed by atoms with Gasteiger partial charge in [-0.25, -0.2) is 14.5 Å². The summed E-state index contributed by atoms with van der Waals surface area (Å²) in [5.74, 6) is -1.28. The number of hydrogen-bond donors (Lipinski definition) is 2. The Hall–Kier alpha value is -2.44. The largest absolute Gasteiger partial charge is 0.480 e. The maximum absolute atomic E-state index is 12.6. The number of carbonyl (C=O) groups is 2. The van der Waals surface area contributed by atoms with E-state index < -0.39 is 17.9 Å². The van der Waals surface area contributed by atoms with Gasteiger partial charge in [0.25, 0.3) is 5.91 Å². The highest BCUT2D eigenvalue weighted by atomic mass is 16.4. The van der Waals surface area contributed by atoms with Gasteiger partial charge in [0.05, 0.1) is 17.1 Å². The second kappa shape index (κ2) is 6.76. The molecule has 0 aliphatic carbocycles. The van der Waals surface area contributed by atoms with Crippen molar-refractivity contribution in [1.82, 2.24) is 20.1 Å². The van der Waals surface area contributed by atoms with Gasteiger partial charge in [-0.3, -0.25) is 4.79 Å². The Kier molecular flexibility index (Phi) is 4.98. The molecule has 0 unspecified atom stereocenters. The molecule has 2 heterocycles. The SMILES string of the molecule is CCn1ncc2c(C(=O)N[C@@H](CC(C)C)C(=O)O)cc(C)nc21. The Morgan fingerprint density at radius 3 is 2.65 bits per heavy atom. The zero-order chi connectivity index (χ0) is 17.1. The summed E-state index contributed by atoms with van der Waals surface area (Å²) >= 11 is 0. The molecule has 2 aromatic heterocycles. The van der Waals surface area contributed by atoms with E-state index in [1.54, 1.807) is 23.9 Å². The molecule has 0 bridgehead atoms. The van der Waals surface area contributed by atoms with E-state index in [0.717, 1.165) is 0 Å². The Labute approximate surface area is 134 Å². The van der Waals surface area contributed by atoms with Crippen LogP contribution in [0.4, 0.5) is 0 Å². The fourth-order valence-electron chi connectivity index (χ4n) is 2.52. The van der Waals surface area contributed by atoms with E-state index in [1.807, 2.05) is 20.8 Å². The predicted molar refractivity (Wildman–Crippen MR) is 86.3 cm³/mol. The number of aliphatic carboxylic acids is 1. The number of fused-ring (bicyclic) bond motifs is 1. The first-order valence-electron chi connectivity index (χ1n) is 7.70. The molecule has 0 aliphatic heterocycles. The van der Waals surface area contributed by atoms with E-state index in [0.29, 0.717) is 35.3 Å². The van der Waals surface area contributed by atoms with E-state index >= 15 is 0 Å². The van der Waals surface area contributed by atoms with Gasteiger partial charge in [-0.15, -0.1) is 0 Å². The Morgan fingerprint density at radius 1 is 1.39 bits per heavy atom. The lowest BCUT2D eigenvalue weighted by atomic mass is 10.0. The van der Waals surface area contributed by atoms with Gasteiger partial charge in [0.2, 0.25) is 0 Å². The molecule has 0 fully saturated rings. The minimum Gasteiger partial charge on any atom is -0.480 e. The number of carbonyl (C=O) groups excluding carboxylic acids is 1. The molecular weight excluding hydrogens is 296 g/mol. The molecule has 0 saturated carbocycles. The van der Waals surface area contributed by atoms with Crippen LogP contribution in [0.25, 0.3) is 11.0 Å². The molecule has 1 atom stereocenters. The molecule has 124 valence electrons. The van der Waals surface area contributed by atoms with Crippen molar-refractivity contribution < 1.29 is 14.7 Å². The van der Waals surface area contributed by atoms with Gasteiger partial charge in [-0.1, -0.05) is 13.8 Å². The van der Waals surface area contributed by atoms with Crippen LogP contribution in [-0.2, 0) is 11.3 Å². The van der Waals surface area contributed by atoms with Crippen LogP contribution < -0.4 is 5.32 Å². The first-order valence-corrected chi connectivity index (χ1v) is 7.70. The third kappa shape index (κ3) is 3.67. The van der Waals surface area contributed by atoms with Crippen molar-refractivity contribution in [2.45, 2.75) is 46.7 Å². The third-order valence-corrected chi connectivity index (χ3v) is 3.59. The van der Waals surface area contributed by atoms with E-state index in [1.165, 1.54) is 0 Å². The van der Waals surface area contributed by atoms with Gasteiger partial charge in [0, 0.05) is 12.2 Å². The van der Waals surface area contributed by atoms with Crippen molar-refractivity contribution in [3.63, 3.8) is 0 Å². The molecule has 7 nitrogen and oxygen atoms in total. The normalized spacial score (nSPS) is 12.6. The number of rotatable bonds is 6. The summed E-state index contributed by atoms with van der Waals surface area (Å²) in [5, 5.41) is 16.7. The number of hydrogen-bond acceptors (Lipinski definition) is 4. The average molecular weight is 318 g/mol. The summed E-state index contributed by atoms with van der Waals surface area (Å²) in [6.45, 7) is 8.22. The molecule has 7 heteroatoms. The number of aryl methyl sites for hydroxylation is 2. The molecule has 0 saturated heterocycles. The first-order chi connectivity index (χ1) is 10.8. The summed E-state index contributed by atoms with van der Waals surface area (Å²) in [4.78, 5) is 28.3. The fraction of sp³-hybridized carbons (Fsp3) is 0.500. The van der Waals surface area contributed by atoms with Crippen molar-refractivity contribution >= 4 is 22.9 Å². The third-order valence-electron chi connectivity index (χ3n) is 3.59. The van der Waals surface area contributed by atoms with Gasteiger partial charge in [0.1, 0.15) is 6.04 Å². The minimum atomic E-state index is -1.03. The Morgan fingerprint density at radius 2 is 2.09 bits per heavy atom. The van der Waals surface area contributed by atoms with Crippen LogP contribution in [0.2, 0.25) is 0 Å². The van der Waals surface area contributed by atoms with Crippen LogP contribution >= 0.6 is 0 Å². The maximum atomic E-state index is 12.6. The molecule has 0 spiro atoms. The van der Waals surface area contributed by atoms with Crippen molar-refractivity contribution in [2.24, 2.45) is 5.92 Å². The second-order valence-corrected chi connectivity index (χ2v) is 6.00. The van der Waals surface area contributed by atoms with E-state index in [2.05, 4.69) is 15.4 Å². The lowest BCUT2D eigenvalue weighted by Gasteiger charge is -2.17. The van der Waals surface area contributed by atoms with Crippen molar-refractivity contribution in [3.8, 4) is 0 Å². The summed E-state index contributed by atoms with van der Waals surface area (Å²) in [6, 6.07) is 0.750. The van der Waals surface area contributed by atoms with Gasteiger partial charge in [0.15, 0.2) is 5.65 Å². The van der Waals surface area contributed by atoms with E-state index in [9.17, 15) is 14.7 Å². The van der Waals surface area contributed by atoms with Gasteiger partial charge >= 0.3 is 5.97 Å². The molecule has 2 rings (SSSR count). The average Bonchev–Trinajstić information content (AvgIpc) is 2.87. The number of pyridine rings is 1. The molecule has 2 N–H and O–H groups in total. The summed E-state index contributed by atoms with van der Waals surface area (Å²) in [5.41, 5.74) is 1.73. The van der Waals surface area contributed by atoms with Gasteiger partial charge in [-0.05, 0) is 32.3 Å². The summed E-state index contributed by atoms with van der Waals surface area (Å²) in [7, 11) is 0. The summed E-state index contributed by atoms with van der Waals surface area (Å²) in [6.07, 6.45) is 1.97. The standard InChI is InChI=1S/C16H22N4O3/c1-5-20-14-12(8-17-20)11(7-10(4)18-14)15(21)19-13(16(22)23)6-9(2)3/h7-9,13H,5-6H2,1-4H3,(H,19,21)(H,22,23)/t13-/m0/s1. The van der Waals surface area contributed by atoms with Crippen molar-refractivity contribution in [3.05, 3.63) is 23.5 Å². The predicted octanol–water partition coefficient (Wildman–Crippen LogP) is 1.99. The maximum Gasteiger partial charge on any atom is 0.326 e. The molecule has 1 amide bonds. The second-order valence-electron chi connectivity index (χ2n) is 6.00. The van der Waals surface area contributed by atoms with Crippen LogP contribution in [0.5, 0.6) is 0 Å². The zero-order valence-electron chi connectivity index (χ0n) is 13.8. The Bertz CT molecular complexity index is 736. The number of carboxylic acid groups (broad SMARTS) is 1. The Balaban J connectivity index is 2.37. The smallest absolute Gasteiger partial charge is 0.326 e. The monoisotopic (exact) mass is 318 g/mol. The van der Waals surface area contributed by atoms with Gasteiger partial charge in [-0.2, -0.15) is 5.10 Å². The topological polar surface area (TPSA) is 97.1 Å². The number of nitrogens with zero attached hydrogens (tertiary/aromatic N) is 3. The van der Waals surface area contributed by atoms with Crippen LogP contribution in [0.1, 0.15) is 43.2 Å². The quantitative estimate of drug-likeness (QED) is 0.849. The number of carboxylic acids is 1. The fourth-order valence-corrected chi connectivity index (χ4v) is 2.52. The number of nitrogens with one attached hydrogen (secondary N) is 1. The van der Waals surface area contributed by atoms with Crippen LogP contribution in [0, 0.1) is 12.8 Å². The zero-order valence-corrected chi connectivity index (χ0v) is 13.8. The lowest BCUT2D eigenvalue weighted by Crippen LogP contribution is -2.41. The highest BCUT2D eigenvalue weighted by molar-refractivity contribution is 6.06. The van der Waals surface area contributed by atoms with E-state index in [4.69, 9.17) is 0 Å². The molecule has 23 heavy (non-hydrogen) atoms. The summed E-state index contributed by atoms with van der Waals surface area (Å²) < 4.78 is 1.71. The highest BCUT2D eigenvalue weighted by Crippen LogP contribution is 2.19. The highest BCUT2D eigenvalue weighted by Gasteiger charge is 2.23. The van der Waals surface area contributed by atoms with Crippen LogP contribution in [-0.4, -0.2) is 37.8 Å². The van der Waals surface area contributed by atoms with Crippen molar-refractivity contribution in [2.75, 3.05) is 0 Å². The lowest BCUT2D eigenvalue weighted by molar-refractivity contribution is -0.139. The molecule has 2 aromatic rings. The molecule has 0 radical (unpaired) electrons. The van der Waals surface area contributed by atoms with E-state index in [-0.39, 0.29) is 5.92 Å². The first kappa shape index (κ1) is 16.9. The molecular formula is C16H22N4O3. The van der Waals surface area contributed by atoms with Crippen molar-refractivity contribution in [1.29, 1.82) is 0 Å². The number of aromatic nitrogens is 3. The molecule has 0 aromatic carbocycles. The van der Waals surface area contributed by atoms with Gasteiger partial charge < -0.3 is 10.4 Å². The van der Waals surface area contributed by atoms with Crippen LogP contribution in [0.15, 0.2) is 12.3 Å².